The van der Waals surface area contributed by atoms with Crippen LogP contribution in [0.15, 0.2) is 5.38 Å². The number of halogens is 3. The van der Waals surface area contributed by atoms with Crippen LogP contribution in [0.2, 0.25) is 0 Å². The Hall–Kier alpha value is -0.950. The Labute approximate surface area is 87.9 Å². The molecule has 84 valence electrons. The van der Waals surface area contributed by atoms with Gasteiger partial charge in [0.1, 0.15) is 12.3 Å². The maximum atomic E-state index is 11.7. The van der Waals surface area contributed by atoms with E-state index in [0.717, 1.165) is 0 Å². The van der Waals surface area contributed by atoms with E-state index < -0.39 is 12.8 Å². The molecule has 0 aliphatic heterocycles. The Bertz CT molecular complexity index is 324. The van der Waals surface area contributed by atoms with Crippen LogP contribution in [0, 0.1) is 0 Å². The number of carbonyl (C=O) groups excluding carboxylic acids is 1. The average molecular weight is 239 g/mol. The van der Waals surface area contributed by atoms with Crippen LogP contribution in [0.5, 0.6) is 0 Å². The number of alkyl halides is 3. The quantitative estimate of drug-likeness (QED) is 0.583. The first-order valence-corrected chi connectivity index (χ1v) is 4.93. The van der Waals surface area contributed by atoms with E-state index in [-0.39, 0.29) is 13.0 Å². The Morgan fingerprint density at radius 1 is 1.53 bits per heavy atom. The van der Waals surface area contributed by atoms with Crippen molar-refractivity contribution in [1.29, 1.82) is 0 Å². The molecular weight excluding hydrogens is 231 g/mol. The number of hydrogen-bond acceptors (Lipinski definition) is 4. The van der Waals surface area contributed by atoms with Crippen molar-refractivity contribution in [2.45, 2.75) is 12.6 Å². The molecule has 0 aliphatic rings. The zero-order chi connectivity index (χ0) is 11.3. The lowest BCUT2D eigenvalue weighted by Crippen LogP contribution is -2.17. The van der Waals surface area contributed by atoms with E-state index in [9.17, 15) is 18.0 Å². The number of aromatic nitrogens is 1. The van der Waals surface area contributed by atoms with E-state index in [1.165, 1.54) is 11.3 Å². The van der Waals surface area contributed by atoms with Gasteiger partial charge < -0.3 is 4.74 Å². The maximum absolute atomic E-state index is 11.7. The van der Waals surface area contributed by atoms with E-state index in [0.29, 0.717) is 17.0 Å². The minimum atomic E-state index is -4.29. The van der Waals surface area contributed by atoms with Crippen LogP contribution in [0.4, 0.5) is 13.2 Å². The number of hydrogen-bond donors (Lipinski definition) is 0. The van der Waals surface area contributed by atoms with E-state index in [4.69, 9.17) is 0 Å². The fourth-order valence-electron chi connectivity index (χ4n) is 0.841. The summed E-state index contributed by atoms with van der Waals surface area (Å²) in [6, 6.07) is 0. The van der Waals surface area contributed by atoms with E-state index in [1.807, 2.05) is 0 Å². The largest absolute Gasteiger partial charge is 0.411 e. The summed E-state index contributed by atoms with van der Waals surface area (Å²) < 4.78 is 39.4. The second-order valence-corrected chi connectivity index (χ2v) is 3.64. The van der Waals surface area contributed by atoms with Crippen LogP contribution in [0.25, 0.3) is 0 Å². The van der Waals surface area contributed by atoms with Gasteiger partial charge in [-0.3, -0.25) is 4.79 Å². The van der Waals surface area contributed by atoms with E-state index in [2.05, 4.69) is 9.72 Å². The van der Waals surface area contributed by atoms with Crippen molar-refractivity contribution in [2.24, 2.45) is 0 Å². The van der Waals surface area contributed by atoms with Crippen molar-refractivity contribution in [2.75, 3.05) is 13.2 Å². The number of rotatable bonds is 5. The molecular formula is C8H8F3NO2S. The van der Waals surface area contributed by atoms with Gasteiger partial charge in [0.05, 0.1) is 11.6 Å². The third-order valence-corrected chi connectivity index (χ3v) is 2.34. The molecule has 0 atom stereocenters. The van der Waals surface area contributed by atoms with Crippen LogP contribution in [-0.2, 0) is 11.2 Å². The third kappa shape index (κ3) is 4.89. The molecule has 0 aliphatic carbocycles. The predicted molar refractivity (Wildman–Crippen MR) is 48.1 cm³/mol. The summed E-state index contributed by atoms with van der Waals surface area (Å²) in [6.07, 6.45) is -3.41. The Kier molecular flexibility index (Phi) is 4.22. The molecule has 1 aromatic rings. The molecule has 0 N–H and O–H groups in total. The first-order valence-electron chi connectivity index (χ1n) is 4.05. The molecule has 0 radical (unpaired) electrons. The van der Waals surface area contributed by atoms with Gasteiger partial charge in [0.25, 0.3) is 0 Å². The fraction of sp³-hybridized carbons (Fsp3) is 0.500. The van der Waals surface area contributed by atoms with Crippen molar-refractivity contribution in [3.63, 3.8) is 0 Å². The Morgan fingerprint density at radius 3 is 2.80 bits per heavy atom. The van der Waals surface area contributed by atoms with Gasteiger partial charge >= 0.3 is 6.18 Å². The molecule has 1 rings (SSSR count). The molecule has 15 heavy (non-hydrogen) atoms. The number of aldehydes is 1. The van der Waals surface area contributed by atoms with Crippen molar-refractivity contribution in [1.82, 2.24) is 4.98 Å². The average Bonchev–Trinajstić information content (AvgIpc) is 2.59. The molecule has 0 fully saturated rings. The lowest BCUT2D eigenvalue weighted by atomic mass is 10.4. The molecule has 0 spiro atoms. The SMILES string of the molecule is O=Cc1csc(CCOCC(F)(F)F)n1. The van der Waals surface area contributed by atoms with Crippen LogP contribution in [0.3, 0.4) is 0 Å². The van der Waals surface area contributed by atoms with Gasteiger partial charge in [-0.05, 0) is 0 Å². The van der Waals surface area contributed by atoms with Gasteiger partial charge in [0, 0.05) is 11.8 Å². The summed E-state index contributed by atoms with van der Waals surface area (Å²) in [5, 5.41) is 2.14. The van der Waals surface area contributed by atoms with Crippen LogP contribution in [-0.4, -0.2) is 30.7 Å². The second-order valence-electron chi connectivity index (χ2n) is 2.70. The van der Waals surface area contributed by atoms with Gasteiger partial charge in [-0.15, -0.1) is 11.3 Å². The van der Waals surface area contributed by atoms with Crippen molar-refractivity contribution in [3.8, 4) is 0 Å². The third-order valence-electron chi connectivity index (χ3n) is 1.42. The minimum Gasteiger partial charge on any atom is -0.372 e. The molecule has 0 saturated carbocycles. The highest BCUT2D eigenvalue weighted by Gasteiger charge is 2.27. The van der Waals surface area contributed by atoms with Gasteiger partial charge in [0.2, 0.25) is 0 Å². The molecule has 0 bridgehead atoms. The summed E-state index contributed by atoms with van der Waals surface area (Å²) in [5.74, 6) is 0. The van der Waals surface area contributed by atoms with Crippen LogP contribution in [0.1, 0.15) is 15.5 Å². The molecule has 0 saturated heterocycles. The first kappa shape index (κ1) is 12.1. The van der Waals surface area contributed by atoms with Crippen molar-refractivity contribution < 1.29 is 22.7 Å². The monoisotopic (exact) mass is 239 g/mol. The zero-order valence-corrected chi connectivity index (χ0v) is 8.40. The molecule has 7 heteroatoms. The smallest absolute Gasteiger partial charge is 0.372 e. The second kappa shape index (κ2) is 5.22. The van der Waals surface area contributed by atoms with Gasteiger partial charge in [-0.1, -0.05) is 0 Å². The summed E-state index contributed by atoms with van der Waals surface area (Å²) in [4.78, 5) is 14.1. The first-order chi connectivity index (χ1) is 7.01. The number of ether oxygens (including phenoxy) is 1. The molecule has 1 aromatic heterocycles. The highest BCUT2D eigenvalue weighted by Crippen LogP contribution is 2.15. The van der Waals surface area contributed by atoms with E-state index in [1.54, 1.807) is 5.38 Å². The summed E-state index contributed by atoms with van der Waals surface area (Å²) in [6.45, 7) is -1.30. The number of carbonyl (C=O) groups is 1. The molecule has 0 unspecified atom stereocenters. The van der Waals surface area contributed by atoms with Crippen LogP contribution < -0.4 is 0 Å². The van der Waals surface area contributed by atoms with Crippen LogP contribution >= 0.6 is 11.3 Å². The van der Waals surface area contributed by atoms with Gasteiger partial charge in [0.15, 0.2) is 6.29 Å². The van der Waals surface area contributed by atoms with E-state index >= 15 is 0 Å². The summed E-state index contributed by atoms with van der Waals surface area (Å²) in [5.41, 5.74) is 0.297. The predicted octanol–water partition coefficient (Wildman–Crippen LogP) is 2.08. The van der Waals surface area contributed by atoms with Crippen molar-refractivity contribution in [3.05, 3.63) is 16.1 Å². The minimum absolute atomic E-state index is 0.0503. The topological polar surface area (TPSA) is 39.2 Å². The van der Waals surface area contributed by atoms with Gasteiger partial charge in [-0.25, -0.2) is 4.98 Å². The Balaban J connectivity index is 2.23. The standard InChI is InChI=1S/C8H8F3NO2S/c9-8(10,11)5-14-2-1-7-12-6(3-13)4-15-7/h3-4H,1-2,5H2. The molecule has 0 aromatic carbocycles. The lowest BCUT2D eigenvalue weighted by Gasteiger charge is -2.05. The summed E-state index contributed by atoms with van der Waals surface area (Å²) >= 11 is 1.23. The normalized spacial score (nSPS) is 11.7. The number of thiazole rings is 1. The number of nitrogens with zero attached hydrogens (tertiary/aromatic N) is 1. The Morgan fingerprint density at radius 2 is 2.27 bits per heavy atom. The fourth-order valence-corrected chi connectivity index (χ4v) is 1.57. The zero-order valence-electron chi connectivity index (χ0n) is 7.58. The summed E-state index contributed by atoms with van der Waals surface area (Å²) in [7, 11) is 0. The maximum Gasteiger partial charge on any atom is 0.411 e. The lowest BCUT2D eigenvalue weighted by molar-refractivity contribution is -0.173. The molecule has 1 heterocycles. The molecule has 3 nitrogen and oxygen atoms in total. The highest BCUT2D eigenvalue weighted by molar-refractivity contribution is 7.09. The highest BCUT2D eigenvalue weighted by atomic mass is 32.1. The van der Waals surface area contributed by atoms with Crippen molar-refractivity contribution >= 4 is 17.6 Å². The van der Waals surface area contributed by atoms with Gasteiger partial charge in [-0.2, -0.15) is 13.2 Å². The molecule has 0 amide bonds.